The number of anilines is 1. The number of carbonyl (C=O) groups excluding carboxylic acids is 1. The standard InChI is InChI=1S/C23H24N4OS2/c1-16-13-14-26(19-9-5-6-10-20(19)30-16)21(28)15-29-23-24-22(17-11-12-17)27(25-23)18-7-3-2-4-8-18/h2-10,16-17H,11-15H2,1H3. The van der Waals surface area contributed by atoms with Crippen LogP contribution in [-0.2, 0) is 4.79 Å². The molecule has 7 heteroatoms. The summed E-state index contributed by atoms with van der Waals surface area (Å²) in [6, 6.07) is 18.3. The number of hydrogen-bond donors (Lipinski definition) is 0. The van der Waals surface area contributed by atoms with Crippen LogP contribution in [0.15, 0.2) is 64.6 Å². The van der Waals surface area contributed by atoms with Crippen molar-refractivity contribution < 1.29 is 4.79 Å². The number of carbonyl (C=O) groups is 1. The first kappa shape index (κ1) is 19.7. The van der Waals surface area contributed by atoms with E-state index >= 15 is 0 Å². The van der Waals surface area contributed by atoms with Gasteiger partial charge in [0.25, 0.3) is 0 Å². The molecule has 30 heavy (non-hydrogen) atoms. The Morgan fingerprint density at radius 1 is 1.10 bits per heavy atom. The molecule has 5 rings (SSSR count). The quantitative estimate of drug-likeness (QED) is 0.518. The lowest BCUT2D eigenvalue weighted by Crippen LogP contribution is -2.33. The Labute approximate surface area is 185 Å². The van der Waals surface area contributed by atoms with E-state index in [0.717, 1.165) is 43.0 Å². The number of para-hydroxylation sites is 2. The summed E-state index contributed by atoms with van der Waals surface area (Å²) in [5.74, 6) is 1.96. The predicted octanol–water partition coefficient (Wildman–Crippen LogP) is 5.15. The van der Waals surface area contributed by atoms with Gasteiger partial charge in [0.1, 0.15) is 5.82 Å². The Morgan fingerprint density at radius 3 is 2.67 bits per heavy atom. The monoisotopic (exact) mass is 436 g/mol. The van der Waals surface area contributed by atoms with E-state index < -0.39 is 0 Å². The van der Waals surface area contributed by atoms with Gasteiger partial charge < -0.3 is 4.90 Å². The first-order valence-corrected chi connectivity index (χ1v) is 12.3. The number of aromatic nitrogens is 3. The first-order valence-electron chi connectivity index (χ1n) is 10.4. The largest absolute Gasteiger partial charge is 0.311 e. The van der Waals surface area contributed by atoms with Crippen molar-refractivity contribution in [1.29, 1.82) is 0 Å². The van der Waals surface area contributed by atoms with Crippen molar-refractivity contribution in [1.82, 2.24) is 14.8 Å². The van der Waals surface area contributed by atoms with E-state index in [1.807, 2.05) is 63.8 Å². The lowest BCUT2D eigenvalue weighted by Gasteiger charge is -2.22. The third-order valence-corrected chi connectivity index (χ3v) is 7.48. The second-order valence-electron chi connectivity index (χ2n) is 7.79. The van der Waals surface area contributed by atoms with Gasteiger partial charge in [0.2, 0.25) is 11.1 Å². The van der Waals surface area contributed by atoms with Crippen LogP contribution in [0.2, 0.25) is 0 Å². The van der Waals surface area contributed by atoms with Gasteiger partial charge in [-0.15, -0.1) is 16.9 Å². The van der Waals surface area contributed by atoms with Crippen LogP contribution >= 0.6 is 23.5 Å². The molecule has 0 saturated heterocycles. The summed E-state index contributed by atoms with van der Waals surface area (Å²) in [6.45, 7) is 2.98. The number of hydrogen-bond acceptors (Lipinski definition) is 5. The summed E-state index contributed by atoms with van der Waals surface area (Å²) in [4.78, 5) is 21.0. The smallest absolute Gasteiger partial charge is 0.237 e. The Kier molecular flexibility index (Phi) is 5.56. The van der Waals surface area contributed by atoms with Crippen LogP contribution in [0.25, 0.3) is 5.69 Å². The molecule has 5 nitrogen and oxygen atoms in total. The lowest BCUT2D eigenvalue weighted by atomic mass is 10.2. The number of rotatable bonds is 5. The minimum Gasteiger partial charge on any atom is -0.311 e. The fraction of sp³-hybridized carbons (Fsp3) is 0.348. The van der Waals surface area contributed by atoms with Crippen molar-refractivity contribution in [2.75, 3.05) is 17.2 Å². The average molecular weight is 437 g/mol. The van der Waals surface area contributed by atoms with Gasteiger partial charge in [-0.1, -0.05) is 49.0 Å². The van der Waals surface area contributed by atoms with Crippen molar-refractivity contribution in [2.45, 2.75) is 47.4 Å². The maximum Gasteiger partial charge on any atom is 0.237 e. The van der Waals surface area contributed by atoms with Crippen LogP contribution in [0, 0.1) is 0 Å². The van der Waals surface area contributed by atoms with E-state index in [1.54, 1.807) is 0 Å². The van der Waals surface area contributed by atoms with Crippen molar-refractivity contribution in [3.8, 4) is 5.69 Å². The summed E-state index contributed by atoms with van der Waals surface area (Å²) in [5, 5.41) is 5.91. The van der Waals surface area contributed by atoms with E-state index in [2.05, 4.69) is 19.1 Å². The third-order valence-electron chi connectivity index (χ3n) is 5.43. The highest BCUT2D eigenvalue weighted by atomic mass is 32.2. The second-order valence-corrected chi connectivity index (χ2v) is 10.2. The predicted molar refractivity (Wildman–Crippen MR) is 123 cm³/mol. The molecule has 1 aliphatic carbocycles. The van der Waals surface area contributed by atoms with Crippen molar-refractivity contribution in [3.05, 3.63) is 60.4 Å². The zero-order valence-corrected chi connectivity index (χ0v) is 18.5. The van der Waals surface area contributed by atoms with Crippen molar-refractivity contribution in [2.24, 2.45) is 0 Å². The molecular formula is C23H24N4OS2. The van der Waals surface area contributed by atoms with E-state index in [9.17, 15) is 4.79 Å². The van der Waals surface area contributed by atoms with Gasteiger partial charge in [-0.25, -0.2) is 9.67 Å². The number of fused-ring (bicyclic) bond motifs is 1. The maximum atomic E-state index is 13.1. The molecule has 0 radical (unpaired) electrons. The van der Waals surface area contributed by atoms with E-state index in [1.165, 1.54) is 16.7 Å². The highest BCUT2D eigenvalue weighted by molar-refractivity contribution is 8.00. The minimum atomic E-state index is 0.117. The van der Waals surface area contributed by atoms with Crippen LogP contribution in [0.5, 0.6) is 0 Å². The van der Waals surface area contributed by atoms with Crippen LogP contribution in [0.1, 0.15) is 37.9 Å². The molecule has 0 bridgehead atoms. The van der Waals surface area contributed by atoms with Gasteiger partial charge in [-0.05, 0) is 43.5 Å². The molecule has 1 amide bonds. The molecule has 1 aliphatic heterocycles. The Hall–Kier alpha value is -2.25. The molecular weight excluding hydrogens is 412 g/mol. The molecule has 1 fully saturated rings. The number of benzene rings is 2. The summed E-state index contributed by atoms with van der Waals surface area (Å²) in [5.41, 5.74) is 2.05. The Morgan fingerprint density at radius 2 is 1.87 bits per heavy atom. The minimum absolute atomic E-state index is 0.117. The maximum absolute atomic E-state index is 13.1. The number of thioether (sulfide) groups is 2. The van der Waals surface area contributed by atoms with Crippen LogP contribution < -0.4 is 4.90 Å². The molecule has 3 aromatic rings. The average Bonchev–Trinajstić information content (AvgIpc) is 3.55. The molecule has 1 aromatic heterocycles. The normalized spacial score (nSPS) is 18.7. The number of amides is 1. The van der Waals surface area contributed by atoms with Gasteiger partial charge in [-0.2, -0.15) is 0 Å². The van der Waals surface area contributed by atoms with Crippen molar-refractivity contribution in [3.63, 3.8) is 0 Å². The molecule has 0 N–H and O–H groups in total. The van der Waals surface area contributed by atoms with E-state index in [4.69, 9.17) is 10.1 Å². The Balaban J connectivity index is 1.34. The zero-order valence-electron chi connectivity index (χ0n) is 16.9. The lowest BCUT2D eigenvalue weighted by molar-refractivity contribution is -0.116. The number of nitrogens with zero attached hydrogens (tertiary/aromatic N) is 4. The third kappa shape index (κ3) is 4.14. The zero-order chi connectivity index (χ0) is 20.5. The second kappa shape index (κ2) is 8.47. The SMILES string of the molecule is CC1CCN(C(=O)CSc2nc(C3CC3)n(-c3ccccc3)n2)c2ccccc2S1. The fourth-order valence-corrected chi connectivity index (χ4v) is 5.50. The van der Waals surface area contributed by atoms with Gasteiger partial charge in [0.15, 0.2) is 0 Å². The molecule has 154 valence electrons. The van der Waals surface area contributed by atoms with E-state index in [-0.39, 0.29) is 5.91 Å². The highest BCUT2D eigenvalue weighted by Crippen LogP contribution is 2.41. The van der Waals surface area contributed by atoms with Crippen LogP contribution in [0.4, 0.5) is 5.69 Å². The molecule has 1 atom stereocenters. The molecule has 1 saturated carbocycles. The van der Waals surface area contributed by atoms with E-state index in [0.29, 0.717) is 22.1 Å². The molecule has 1 unspecified atom stereocenters. The van der Waals surface area contributed by atoms with Crippen LogP contribution in [0.3, 0.4) is 0 Å². The van der Waals surface area contributed by atoms with Crippen LogP contribution in [-0.4, -0.2) is 38.2 Å². The Bertz CT molecular complexity index is 1050. The topological polar surface area (TPSA) is 51.0 Å². The van der Waals surface area contributed by atoms with Gasteiger partial charge in [0.05, 0.1) is 17.1 Å². The fourth-order valence-electron chi connectivity index (χ4n) is 3.68. The molecule has 2 aromatic carbocycles. The summed E-state index contributed by atoms with van der Waals surface area (Å²) in [6.07, 6.45) is 3.31. The molecule has 2 heterocycles. The van der Waals surface area contributed by atoms with Gasteiger partial charge in [-0.3, -0.25) is 4.79 Å². The van der Waals surface area contributed by atoms with Crippen molar-refractivity contribution >= 4 is 35.1 Å². The summed E-state index contributed by atoms with van der Waals surface area (Å²) in [7, 11) is 0. The van der Waals surface area contributed by atoms with Gasteiger partial charge >= 0.3 is 0 Å². The first-order chi connectivity index (χ1) is 14.7. The highest BCUT2D eigenvalue weighted by Gasteiger charge is 2.31. The summed E-state index contributed by atoms with van der Waals surface area (Å²) < 4.78 is 1.95. The molecule has 0 spiro atoms. The molecule has 2 aliphatic rings. The van der Waals surface area contributed by atoms with Gasteiger partial charge in [0, 0.05) is 22.6 Å². The summed E-state index contributed by atoms with van der Waals surface area (Å²) >= 11 is 3.29.